The molecular weight excluding hydrogens is 585 g/mol. The summed E-state index contributed by atoms with van der Waals surface area (Å²) in [7, 11) is -2.71. The maximum Gasteiger partial charge on any atom is 0.264 e. The molecule has 1 N–H and O–H groups in total. The van der Waals surface area contributed by atoms with Gasteiger partial charge in [0.05, 0.1) is 17.7 Å². The van der Waals surface area contributed by atoms with E-state index in [0.29, 0.717) is 15.8 Å². The molecule has 1 atom stereocenters. The van der Waals surface area contributed by atoms with Gasteiger partial charge in [0.1, 0.15) is 18.3 Å². The molecule has 0 unspecified atom stereocenters. The van der Waals surface area contributed by atoms with Gasteiger partial charge in [-0.15, -0.1) is 0 Å². The number of rotatable bonds is 11. The summed E-state index contributed by atoms with van der Waals surface area (Å²) < 4.78 is 34.0. The van der Waals surface area contributed by atoms with Gasteiger partial charge < -0.3 is 15.0 Å². The molecule has 0 spiro atoms. The van der Waals surface area contributed by atoms with E-state index in [2.05, 4.69) is 5.32 Å². The lowest BCUT2D eigenvalue weighted by molar-refractivity contribution is -0.139. The van der Waals surface area contributed by atoms with Gasteiger partial charge in [-0.3, -0.25) is 13.9 Å². The second-order valence-electron chi connectivity index (χ2n) is 9.98. The number of hydrogen-bond acceptors (Lipinski definition) is 5. The quantitative estimate of drug-likeness (QED) is 0.299. The van der Waals surface area contributed by atoms with Crippen molar-refractivity contribution in [3.8, 4) is 5.75 Å². The summed E-state index contributed by atoms with van der Waals surface area (Å²) >= 11 is 12.1. The first kappa shape index (κ1) is 30.7. The summed E-state index contributed by atoms with van der Waals surface area (Å²) in [5.74, 6) is -0.328. The molecule has 218 valence electrons. The second kappa shape index (κ2) is 13.6. The Morgan fingerprint density at radius 1 is 0.927 bits per heavy atom. The number of methoxy groups -OCH3 is 1. The maximum atomic E-state index is 14.0. The van der Waals surface area contributed by atoms with Crippen LogP contribution in [0.25, 0.3) is 0 Å². The van der Waals surface area contributed by atoms with Crippen molar-refractivity contribution in [2.75, 3.05) is 18.0 Å². The largest absolute Gasteiger partial charge is 0.497 e. The minimum absolute atomic E-state index is 0.0164. The zero-order valence-corrected chi connectivity index (χ0v) is 25.3. The van der Waals surface area contributed by atoms with E-state index in [4.69, 9.17) is 27.9 Å². The van der Waals surface area contributed by atoms with Gasteiger partial charge in [0.15, 0.2) is 0 Å². The number of nitrogens with one attached hydrogen (secondary N) is 1. The highest BCUT2D eigenvalue weighted by Gasteiger charge is 2.33. The van der Waals surface area contributed by atoms with E-state index in [-0.39, 0.29) is 29.1 Å². The number of amides is 2. The van der Waals surface area contributed by atoms with Crippen LogP contribution in [-0.2, 0) is 26.2 Å². The Labute approximate surface area is 251 Å². The Hall–Kier alpha value is -3.27. The Morgan fingerprint density at radius 3 is 2.05 bits per heavy atom. The molecule has 1 saturated carbocycles. The number of hydrogen-bond donors (Lipinski definition) is 1. The molecule has 0 radical (unpaired) electrons. The van der Waals surface area contributed by atoms with Gasteiger partial charge in [-0.25, -0.2) is 8.42 Å². The highest BCUT2D eigenvalue weighted by Crippen LogP contribution is 2.27. The average Bonchev–Trinajstić information content (AvgIpc) is 3.48. The van der Waals surface area contributed by atoms with Crippen LogP contribution in [0.2, 0.25) is 10.0 Å². The predicted octanol–water partition coefficient (Wildman–Crippen LogP) is 5.67. The summed E-state index contributed by atoms with van der Waals surface area (Å²) in [6.45, 7) is 1.21. The number of carbonyl (C=O) groups excluding carboxylic acids is 2. The van der Waals surface area contributed by atoms with Crippen LogP contribution in [-0.4, -0.2) is 50.9 Å². The smallest absolute Gasteiger partial charge is 0.264 e. The normalized spacial score (nSPS) is 14.3. The fraction of sp³-hybridized carbons (Fsp3) is 0.333. The van der Waals surface area contributed by atoms with Crippen molar-refractivity contribution in [1.82, 2.24) is 10.2 Å². The molecule has 0 bridgehead atoms. The molecule has 3 aromatic rings. The van der Waals surface area contributed by atoms with Gasteiger partial charge in [-0.2, -0.15) is 0 Å². The zero-order chi connectivity index (χ0) is 29.6. The molecule has 3 aromatic carbocycles. The second-order valence-corrected chi connectivity index (χ2v) is 12.7. The first-order valence-electron chi connectivity index (χ1n) is 13.3. The van der Waals surface area contributed by atoms with Crippen LogP contribution in [0.4, 0.5) is 5.69 Å². The van der Waals surface area contributed by atoms with E-state index < -0.39 is 28.5 Å². The summed E-state index contributed by atoms with van der Waals surface area (Å²) in [4.78, 5) is 28.7. The monoisotopic (exact) mass is 617 g/mol. The number of nitrogens with zero attached hydrogens (tertiary/aromatic N) is 2. The van der Waals surface area contributed by atoms with E-state index >= 15 is 0 Å². The third-order valence-electron chi connectivity index (χ3n) is 7.18. The molecule has 41 heavy (non-hydrogen) atoms. The Bertz CT molecular complexity index is 1440. The standard InChI is InChI=1S/C30H33Cl2N3O5S/c1-21(30(37)33-25-5-3-4-6-25)34(19-22-7-9-23(31)10-8-22)29(36)20-35(26-13-11-24(32)12-14-26)41(38,39)28-17-15-27(40-2)16-18-28/h7-18,21,25H,3-6,19-20H2,1-2H3,(H,33,37)/t21-/m0/s1. The maximum absolute atomic E-state index is 14.0. The summed E-state index contributed by atoms with van der Waals surface area (Å²) in [6.07, 6.45) is 3.89. The van der Waals surface area contributed by atoms with Crippen molar-refractivity contribution in [2.45, 2.75) is 56.1 Å². The van der Waals surface area contributed by atoms with E-state index in [1.807, 2.05) is 0 Å². The fourth-order valence-corrected chi connectivity index (χ4v) is 6.44. The Kier molecular flexibility index (Phi) is 10.2. The Morgan fingerprint density at radius 2 is 1.49 bits per heavy atom. The molecule has 2 amide bonds. The zero-order valence-electron chi connectivity index (χ0n) is 22.9. The summed E-state index contributed by atoms with van der Waals surface area (Å²) in [6, 6.07) is 18.3. The van der Waals surface area contributed by atoms with Crippen molar-refractivity contribution in [3.05, 3.63) is 88.4 Å². The van der Waals surface area contributed by atoms with E-state index in [0.717, 1.165) is 35.6 Å². The van der Waals surface area contributed by atoms with Crippen molar-refractivity contribution < 1.29 is 22.7 Å². The molecule has 1 aliphatic rings. The molecule has 0 heterocycles. The molecular formula is C30H33Cl2N3O5S. The SMILES string of the molecule is COc1ccc(S(=O)(=O)N(CC(=O)N(Cc2ccc(Cl)cc2)[C@@H](C)C(=O)NC2CCCC2)c2ccc(Cl)cc2)cc1. The van der Waals surface area contributed by atoms with Crippen molar-refractivity contribution in [2.24, 2.45) is 0 Å². The highest BCUT2D eigenvalue weighted by atomic mass is 35.5. The average molecular weight is 619 g/mol. The van der Waals surface area contributed by atoms with Crippen LogP contribution in [0, 0.1) is 0 Å². The van der Waals surface area contributed by atoms with Gasteiger partial charge in [-0.1, -0.05) is 48.2 Å². The highest BCUT2D eigenvalue weighted by molar-refractivity contribution is 7.92. The van der Waals surface area contributed by atoms with Gasteiger partial charge in [0.2, 0.25) is 11.8 Å². The van der Waals surface area contributed by atoms with Gasteiger partial charge in [0.25, 0.3) is 10.0 Å². The molecule has 1 fully saturated rings. The lowest BCUT2D eigenvalue weighted by Crippen LogP contribution is -2.52. The third-order valence-corrected chi connectivity index (χ3v) is 9.47. The van der Waals surface area contributed by atoms with Gasteiger partial charge in [-0.05, 0) is 86.0 Å². The van der Waals surface area contributed by atoms with Crippen LogP contribution < -0.4 is 14.4 Å². The molecule has 11 heteroatoms. The van der Waals surface area contributed by atoms with Crippen molar-refractivity contribution >= 4 is 50.7 Å². The number of anilines is 1. The van der Waals surface area contributed by atoms with Gasteiger partial charge >= 0.3 is 0 Å². The summed E-state index contributed by atoms with van der Waals surface area (Å²) in [5, 5.41) is 4.01. The van der Waals surface area contributed by atoms with E-state index in [1.165, 1.54) is 48.4 Å². The lowest BCUT2D eigenvalue weighted by atomic mass is 10.1. The molecule has 4 rings (SSSR count). The molecule has 0 aromatic heterocycles. The van der Waals surface area contributed by atoms with Crippen LogP contribution in [0.15, 0.2) is 77.7 Å². The lowest BCUT2D eigenvalue weighted by Gasteiger charge is -2.32. The first-order chi connectivity index (χ1) is 19.6. The topological polar surface area (TPSA) is 96.0 Å². The fourth-order valence-electron chi connectivity index (χ4n) is 4.77. The number of ether oxygens (including phenoxy) is 1. The summed E-state index contributed by atoms with van der Waals surface area (Å²) in [5.41, 5.74) is 1.01. The van der Waals surface area contributed by atoms with Crippen molar-refractivity contribution in [3.63, 3.8) is 0 Å². The van der Waals surface area contributed by atoms with Crippen LogP contribution in [0.3, 0.4) is 0 Å². The minimum atomic E-state index is -4.19. The van der Waals surface area contributed by atoms with Crippen LogP contribution >= 0.6 is 23.2 Å². The van der Waals surface area contributed by atoms with Crippen LogP contribution in [0.5, 0.6) is 5.75 Å². The minimum Gasteiger partial charge on any atom is -0.497 e. The Balaban J connectivity index is 1.67. The number of halogens is 2. The van der Waals surface area contributed by atoms with E-state index in [9.17, 15) is 18.0 Å². The van der Waals surface area contributed by atoms with Gasteiger partial charge in [0, 0.05) is 22.6 Å². The predicted molar refractivity (Wildman–Crippen MR) is 161 cm³/mol. The molecule has 1 aliphatic carbocycles. The molecule has 0 saturated heterocycles. The number of benzene rings is 3. The van der Waals surface area contributed by atoms with Crippen LogP contribution in [0.1, 0.15) is 38.2 Å². The number of carbonyl (C=O) groups is 2. The first-order valence-corrected chi connectivity index (χ1v) is 15.5. The molecule has 0 aliphatic heterocycles. The van der Waals surface area contributed by atoms with Crippen molar-refractivity contribution in [1.29, 1.82) is 0 Å². The molecule has 8 nitrogen and oxygen atoms in total. The number of sulfonamides is 1. The third kappa shape index (κ3) is 7.72. The van der Waals surface area contributed by atoms with E-state index in [1.54, 1.807) is 43.3 Å².